The lowest BCUT2D eigenvalue weighted by Gasteiger charge is -2.16. The molecule has 0 heterocycles. The molecule has 27 heavy (non-hydrogen) atoms. The van der Waals surface area contributed by atoms with E-state index in [2.05, 4.69) is 5.32 Å². The van der Waals surface area contributed by atoms with Crippen LogP contribution in [0, 0.1) is 5.82 Å². The summed E-state index contributed by atoms with van der Waals surface area (Å²) in [4.78, 5) is 12.9. The fourth-order valence-electron chi connectivity index (χ4n) is 2.88. The molecule has 0 bridgehead atoms. The number of hydrogen-bond acceptors (Lipinski definition) is 2. The molecule has 0 aliphatic heterocycles. The fourth-order valence-corrected chi connectivity index (χ4v) is 2.88. The van der Waals surface area contributed by atoms with Gasteiger partial charge in [0.1, 0.15) is 18.1 Å². The molecular formula is C22H22FN2O2+. The normalized spacial score (nSPS) is 11.6. The van der Waals surface area contributed by atoms with E-state index in [-0.39, 0.29) is 11.7 Å². The van der Waals surface area contributed by atoms with Crippen LogP contribution in [-0.2, 0) is 11.3 Å². The Hall–Kier alpha value is -3.18. The first-order valence-electron chi connectivity index (χ1n) is 8.74. The minimum absolute atomic E-state index is 0.175. The SMILES string of the molecule is COc1cccc(NC(=O)[C@H]([NH2+]Cc2ccccc2F)c2ccccc2)c1. The Morgan fingerprint density at radius 2 is 1.78 bits per heavy atom. The minimum Gasteiger partial charge on any atom is -0.497 e. The standard InChI is InChI=1S/C22H21FN2O2/c1-27-19-12-7-11-18(14-19)25-22(26)21(16-8-3-2-4-9-16)24-15-17-10-5-6-13-20(17)23/h2-14,21,24H,15H2,1H3,(H,25,26)/p+1/t21-/m1/s1. The molecule has 3 aromatic carbocycles. The summed E-state index contributed by atoms with van der Waals surface area (Å²) >= 11 is 0. The molecule has 0 saturated heterocycles. The lowest BCUT2D eigenvalue weighted by Crippen LogP contribution is -2.85. The second-order valence-corrected chi connectivity index (χ2v) is 6.14. The number of nitrogens with one attached hydrogen (secondary N) is 1. The van der Waals surface area contributed by atoms with Gasteiger partial charge in [0.25, 0.3) is 5.91 Å². The average Bonchev–Trinajstić information content (AvgIpc) is 2.70. The summed E-state index contributed by atoms with van der Waals surface area (Å²) < 4.78 is 19.1. The number of carbonyl (C=O) groups is 1. The molecule has 0 radical (unpaired) electrons. The minimum atomic E-state index is -0.503. The van der Waals surface area contributed by atoms with E-state index in [0.29, 0.717) is 23.5 Å². The number of quaternary nitrogens is 1. The van der Waals surface area contributed by atoms with Crippen molar-refractivity contribution in [1.29, 1.82) is 0 Å². The van der Waals surface area contributed by atoms with E-state index < -0.39 is 6.04 Å². The van der Waals surface area contributed by atoms with Gasteiger partial charge in [-0.2, -0.15) is 0 Å². The lowest BCUT2D eigenvalue weighted by atomic mass is 10.1. The molecule has 138 valence electrons. The topological polar surface area (TPSA) is 54.9 Å². The zero-order valence-corrected chi connectivity index (χ0v) is 15.1. The number of nitrogens with two attached hydrogens (primary N) is 1. The third kappa shape index (κ3) is 4.92. The number of amides is 1. The van der Waals surface area contributed by atoms with Crippen LogP contribution in [0.2, 0.25) is 0 Å². The molecule has 5 heteroatoms. The van der Waals surface area contributed by atoms with Crippen molar-refractivity contribution in [3.63, 3.8) is 0 Å². The van der Waals surface area contributed by atoms with Crippen LogP contribution in [0.4, 0.5) is 10.1 Å². The van der Waals surface area contributed by atoms with E-state index >= 15 is 0 Å². The van der Waals surface area contributed by atoms with Gasteiger partial charge in [0.2, 0.25) is 0 Å². The third-order valence-corrected chi connectivity index (χ3v) is 4.31. The van der Waals surface area contributed by atoms with Crippen molar-refractivity contribution in [3.05, 3.63) is 95.8 Å². The van der Waals surface area contributed by atoms with E-state index in [4.69, 9.17) is 4.74 Å². The van der Waals surface area contributed by atoms with E-state index in [1.54, 1.807) is 37.4 Å². The van der Waals surface area contributed by atoms with Gasteiger partial charge < -0.3 is 15.4 Å². The van der Waals surface area contributed by atoms with Crippen LogP contribution in [0.1, 0.15) is 17.2 Å². The van der Waals surface area contributed by atoms with Crippen molar-refractivity contribution in [2.24, 2.45) is 0 Å². The third-order valence-electron chi connectivity index (χ3n) is 4.31. The number of halogens is 1. The monoisotopic (exact) mass is 365 g/mol. The van der Waals surface area contributed by atoms with E-state index in [1.807, 2.05) is 47.8 Å². The number of anilines is 1. The maximum atomic E-state index is 13.9. The van der Waals surface area contributed by atoms with E-state index in [9.17, 15) is 9.18 Å². The van der Waals surface area contributed by atoms with Crippen LogP contribution in [0.25, 0.3) is 0 Å². The van der Waals surface area contributed by atoms with Crippen LogP contribution in [0.3, 0.4) is 0 Å². The number of benzene rings is 3. The molecule has 3 aromatic rings. The van der Waals surface area contributed by atoms with Crippen LogP contribution in [0.5, 0.6) is 5.75 Å². The summed E-state index contributed by atoms with van der Waals surface area (Å²) in [5, 5.41) is 4.76. The Morgan fingerprint density at radius 3 is 2.52 bits per heavy atom. The molecule has 1 amide bonds. The first kappa shape index (κ1) is 18.6. The summed E-state index contributed by atoms with van der Waals surface area (Å²) in [5.41, 5.74) is 2.07. The molecule has 0 saturated carbocycles. The molecular weight excluding hydrogens is 343 g/mol. The second kappa shape index (κ2) is 8.96. The Morgan fingerprint density at radius 1 is 1.04 bits per heavy atom. The molecule has 0 aliphatic rings. The molecule has 0 aromatic heterocycles. The summed E-state index contributed by atoms with van der Waals surface area (Å²) in [5.74, 6) is 0.221. The van der Waals surface area contributed by atoms with Crippen molar-refractivity contribution in [2.75, 3.05) is 12.4 Å². The zero-order chi connectivity index (χ0) is 19.1. The van der Waals surface area contributed by atoms with Gasteiger partial charge >= 0.3 is 0 Å². The fraction of sp³-hybridized carbons (Fsp3) is 0.136. The van der Waals surface area contributed by atoms with Crippen molar-refractivity contribution in [3.8, 4) is 5.75 Å². The van der Waals surface area contributed by atoms with Gasteiger partial charge in [0, 0.05) is 22.9 Å². The summed E-state index contributed by atoms with van der Waals surface area (Å²) in [6.07, 6.45) is 0. The van der Waals surface area contributed by atoms with E-state index in [0.717, 1.165) is 5.56 Å². The van der Waals surface area contributed by atoms with Gasteiger partial charge in [-0.25, -0.2) is 4.39 Å². The van der Waals surface area contributed by atoms with Crippen molar-refractivity contribution >= 4 is 11.6 Å². The van der Waals surface area contributed by atoms with Gasteiger partial charge in [-0.05, 0) is 18.2 Å². The number of rotatable bonds is 7. The summed E-state index contributed by atoms with van der Waals surface area (Å²) in [6, 6.07) is 22.8. The zero-order valence-electron chi connectivity index (χ0n) is 15.1. The molecule has 0 unspecified atom stereocenters. The predicted octanol–water partition coefficient (Wildman–Crippen LogP) is 3.28. The Balaban J connectivity index is 1.79. The number of ether oxygens (including phenoxy) is 1. The van der Waals surface area contributed by atoms with Crippen molar-refractivity contribution in [1.82, 2.24) is 0 Å². The van der Waals surface area contributed by atoms with Crippen LogP contribution in [0.15, 0.2) is 78.9 Å². The highest BCUT2D eigenvalue weighted by molar-refractivity contribution is 5.94. The van der Waals surface area contributed by atoms with Gasteiger partial charge in [0.05, 0.1) is 7.11 Å². The van der Waals surface area contributed by atoms with Crippen molar-refractivity contribution in [2.45, 2.75) is 12.6 Å². The predicted molar refractivity (Wildman–Crippen MR) is 103 cm³/mol. The highest BCUT2D eigenvalue weighted by Gasteiger charge is 2.24. The summed E-state index contributed by atoms with van der Waals surface area (Å²) in [6.45, 7) is 0.359. The highest BCUT2D eigenvalue weighted by atomic mass is 19.1. The Bertz CT molecular complexity index is 900. The molecule has 0 spiro atoms. The van der Waals surface area contributed by atoms with Crippen LogP contribution in [-0.4, -0.2) is 13.0 Å². The maximum absolute atomic E-state index is 13.9. The number of hydrogen-bond donors (Lipinski definition) is 2. The molecule has 4 nitrogen and oxygen atoms in total. The first-order valence-corrected chi connectivity index (χ1v) is 8.74. The largest absolute Gasteiger partial charge is 0.497 e. The quantitative estimate of drug-likeness (QED) is 0.675. The van der Waals surface area contributed by atoms with Gasteiger partial charge in [-0.3, -0.25) is 4.79 Å². The summed E-state index contributed by atoms with van der Waals surface area (Å²) in [7, 11) is 1.58. The van der Waals surface area contributed by atoms with Gasteiger partial charge in [-0.1, -0.05) is 54.6 Å². The smallest absolute Gasteiger partial charge is 0.287 e. The first-order chi connectivity index (χ1) is 13.2. The van der Waals surface area contributed by atoms with E-state index in [1.165, 1.54) is 6.07 Å². The molecule has 3 N–H and O–H groups in total. The number of methoxy groups -OCH3 is 1. The second-order valence-electron chi connectivity index (χ2n) is 6.14. The van der Waals surface area contributed by atoms with Crippen molar-refractivity contribution < 1.29 is 19.2 Å². The van der Waals surface area contributed by atoms with Gasteiger partial charge in [-0.15, -0.1) is 0 Å². The Labute approximate surface area is 158 Å². The average molecular weight is 365 g/mol. The molecule has 0 aliphatic carbocycles. The number of carbonyl (C=O) groups excluding carboxylic acids is 1. The maximum Gasteiger partial charge on any atom is 0.287 e. The van der Waals surface area contributed by atoms with Crippen LogP contribution < -0.4 is 15.4 Å². The molecule has 0 fully saturated rings. The molecule has 1 atom stereocenters. The van der Waals surface area contributed by atoms with Crippen LogP contribution >= 0.6 is 0 Å². The Kier molecular flexibility index (Phi) is 6.18. The van der Waals surface area contributed by atoms with Gasteiger partial charge in [0.15, 0.2) is 6.04 Å². The highest BCUT2D eigenvalue weighted by Crippen LogP contribution is 2.18. The lowest BCUT2D eigenvalue weighted by molar-refractivity contribution is -0.698. The molecule has 3 rings (SSSR count).